The molecule has 0 spiro atoms. The van der Waals surface area contributed by atoms with Gasteiger partial charge in [-0.3, -0.25) is 0 Å². The lowest BCUT2D eigenvalue weighted by atomic mass is 9.98. The Kier molecular flexibility index (Phi) is 4.16. The number of benzene rings is 1. The molecule has 0 aliphatic carbocycles. The average Bonchev–Trinajstić information content (AvgIpc) is 2.28. The highest BCUT2D eigenvalue weighted by Gasteiger charge is 2.28. The van der Waals surface area contributed by atoms with Gasteiger partial charge in [-0.1, -0.05) is 26.0 Å². The van der Waals surface area contributed by atoms with Gasteiger partial charge in [0.05, 0.1) is 5.69 Å². The van der Waals surface area contributed by atoms with Crippen LogP contribution in [0.3, 0.4) is 0 Å². The molecule has 0 saturated carbocycles. The van der Waals surface area contributed by atoms with E-state index in [9.17, 15) is 8.42 Å². The van der Waals surface area contributed by atoms with E-state index in [4.69, 9.17) is 5.73 Å². The summed E-state index contributed by atoms with van der Waals surface area (Å²) in [5.74, 6) is 0. The van der Waals surface area contributed by atoms with Crippen molar-refractivity contribution in [3.05, 3.63) is 24.3 Å². The fraction of sp³-hybridized carbons (Fsp3) is 0.500. The molecular formula is C12H20N2O2S. The zero-order valence-electron chi connectivity index (χ0n) is 10.5. The molecule has 0 atom stereocenters. The Morgan fingerprint density at radius 3 is 2.24 bits per heavy atom. The van der Waals surface area contributed by atoms with Crippen LogP contribution in [0.2, 0.25) is 0 Å². The third-order valence-corrected chi connectivity index (χ3v) is 4.86. The summed E-state index contributed by atoms with van der Waals surface area (Å²) in [4.78, 5) is 0.146. The van der Waals surface area contributed by atoms with Crippen molar-refractivity contribution < 1.29 is 8.42 Å². The van der Waals surface area contributed by atoms with E-state index in [-0.39, 0.29) is 10.6 Å². The van der Waals surface area contributed by atoms with Crippen LogP contribution in [0.1, 0.15) is 33.6 Å². The number of nitrogens with two attached hydrogens (primary N) is 1. The van der Waals surface area contributed by atoms with Gasteiger partial charge in [0.2, 0.25) is 10.0 Å². The Morgan fingerprint density at radius 2 is 1.76 bits per heavy atom. The number of anilines is 1. The number of nitrogen functional groups attached to an aromatic ring is 1. The van der Waals surface area contributed by atoms with E-state index in [1.165, 1.54) is 6.07 Å². The van der Waals surface area contributed by atoms with Gasteiger partial charge in [0.15, 0.2) is 0 Å². The first-order valence-corrected chi connectivity index (χ1v) is 7.21. The molecule has 0 fully saturated rings. The van der Waals surface area contributed by atoms with Gasteiger partial charge in [-0.25, -0.2) is 13.1 Å². The average molecular weight is 256 g/mol. The van der Waals surface area contributed by atoms with Crippen LogP contribution < -0.4 is 10.5 Å². The van der Waals surface area contributed by atoms with Crippen LogP contribution in [-0.4, -0.2) is 14.0 Å². The van der Waals surface area contributed by atoms with Crippen molar-refractivity contribution in [3.8, 4) is 0 Å². The van der Waals surface area contributed by atoms with E-state index in [1.54, 1.807) is 18.2 Å². The number of para-hydroxylation sites is 1. The molecule has 0 aromatic heterocycles. The molecule has 0 aliphatic heterocycles. The van der Waals surface area contributed by atoms with Crippen molar-refractivity contribution in [2.24, 2.45) is 0 Å². The molecule has 0 bridgehead atoms. The summed E-state index contributed by atoms with van der Waals surface area (Å²) in [6.45, 7) is 5.81. The molecule has 4 nitrogen and oxygen atoms in total. The lowest BCUT2D eigenvalue weighted by molar-refractivity contribution is 0.389. The van der Waals surface area contributed by atoms with Crippen molar-refractivity contribution in [1.29, 1.82) is 0 Å². The molecule has 3 N–H and O–H groups in total. The van der Waals surface area contributed by atoms with Crippen LogP contribution in [0.15, 0.2) is 29.2 Å². The van der Waals surface area contributed by atoms with Gasteiger partial charge in [-0.15, -0.1) is 0 Å². The van der Waals surface area contributed by atoms with Crippen molar-refractivity contribution >= 4 is 15.7 Å². The van der Waals surface area contributed by atoms with Crippen LogP contribution >= 0.6 is 0 Å². The number of hydrogen-bond acceptors (Lipinski definition) is 3. The zero-order chi connectivity index (χ0) is 13.1. The molecule has 0 unspecified atom stereocenters. The molecular weight excluding hydrogens is 236 g/mol. The molecule has 96 valence electrons. The SMILES string of the molecule is CCC(C)(CC)NS(=O)(=O)c1ccccc1N. The van der Waals surface area contributed by atoms with Gasteiger partial charge >= 0.3 is 0 Å². The molecule has 0 aliphatic rings. The Bertz CT molecular complexity index is 479. The second-order valence-corrected chi connectivity index (χ2v) is 6.06. The Labute approximate surface area is 103 Å². The van der Waals surface area contributed by atoms with Gasteiger partial charge in [0.25, 0.3) is 0 Å². The van der Waals surface area contributed by atoms with Crippen LogP contribution in [0.5, 0.6) is 0 Å². The van der Waals surface area contributed by atoms with E-state index in [1.807, 2.05) is 20.8 Å². The minimum atomic E-state index is -3.55. The van der Waals surface area contributed by atoms with Crippen LogP contribution in [0.4, 0.5) is 5.69 Å². The second-order valence-electron chi connectivity index (χ2n) is 4.41. The normalized spacial score (nSPS) is 12.6. The summed E-state index contributed by atoms with van der Waals surface area (Å²) < 4.78 is 27.1. The summed E-state index contributed by atoms with van der Waals surface area (Å²) >= 11 is 0. The molecule has 0 heterocycles. The van der Waals surface area contributed by atoms with E-state index < -0.39 is 15.6 Å². The summed E-state index contributed by atoms with van der Waals surface area (Å²) in [6.07, 6.45) is 1.46. The number of hydrogen-bond donors (Lipinski definition) is 2. The topological polar surface area (TPSA) is 72.2 Å². The van der Waals surface area contributed by atoms with Gasteiger partial charge in [0, 0.05) is 5.54 Å². The lowest BCUT2D eigenvalue weighted by Crippen LogP contribution is -2.44. The Morgan fingerprint density at radius 1 is 1.24 bits per heavy atom. The van der Waals surface area contributed by atoms with E-state index in [0.29, 0.717) is 0 Å². The largest absolute Gasteiger partial charge is 0.398 e. The fourth-order valence-electron chi connectivity index (χ4n) is 1.50. The Balaban J connectivity index is 3.10. The summed E-state index contributed by atoms with van der Waals surface area (Å²) in [6, 6.07) is 6.49. The third kappa shape index (κ3) is 3.20. The number of rotatable bonds is 5. The van der Waals surface area contributed by atoms with Crippen LogP contribution in [0, 0.1) is 0 Å². The monoisotopic (exact) mass is 256 g/mol. The van der Waals surface area contributed by atoms with Gasteiger partial charge in [-0.05, 0) is 31.9 Å². The minimum Gasteiger partial charge on any atom is -0.398 e. The molecule has 0 saturated heterocycles. The van der Waals surface area contributed by atoms with E-state index >= 15 is 0 Å². The second kappa shape index (κ2) is 5.06. The molecule has 0 amide bonds. The summed E-state index contributed by atoms with van der Waals surface area (Å²) in [5.41, 5.74) is 5.53. The first kappa shape index (κ1) is 14.0. The first-order chi connectivity index (χ1) is 7.84. The highest BCUT2D eigenvalue weighted by molar-refractivity contribution is 7.89. The maximum absolute atomic E-state index is 12.2. The van der Waals surface area contributed by atoms with E-state index in [2.05, 4.69) is 4.72 Å². The smallest absolute Gasteiger partial charge is 0.243 e. The lowest BCUT2D eigenvalue weighted by Gasteiger charge is -2.28. The molecule has 5 heteroatoms. The maximum Gasteiger partial charge on any atom is 0.243 e. The van der Waals surface area contributed by atoms with Crippen LogP contribution in [-0.2, 0) is 10.0 Å². The first-order valence-electron chi connectivity index (χ1n) is 5.73. The van der Waals surface area contributed by atoms with Gasteiger partial charge in [0.1, 0.15) is 4.90 Å². The van der Waals surface area contributed by atoms with Gasteiger partial charge in [-0.2, -0.15) is 0 Å². The zero-order valence-corrected chi connectivity index (χ0v) is 11.3. The van der Waals surface area contributed by atoms with Crippen molar-refractivity contribution in [2.45, 2.75) is 44.0 Å². The number of sulfonamides is 1. The van der Waals surface area contributed by atoms with E-state index in [0.717, 1.165) is 12.8 Å². The van der Waals surface area contributed by atoms with Crippen molar-refractivity contribution in [3.63, 3.8) is 0 Å². The highest BCUT2D eigenvalue weighted by Crippen LogP contribution is 2.22. The maximum atomic E-state index is 12.2. The fourth-order valence-corrected chi connectivity index (χ4v) is 3.18. The molecule has 1 aromatic carbocycles. The van der Waals surface area contributed by atoms with Crippen molar-refractivity contribution in [2.75, 3.05) is 5.73 Å². The predicted molar refractivity (Wildman–Crippen MR) is 70.2 cm³/mol. The predicted octanol–water partition coefficient (Wildman–Crippen LogP) is 2.13. The highest BCUT2D eigenvalue weighted by atomic mass is 32.2. The quantitative estimate of drug-likeness (QED) is 0.793. The molecule has 0 radical (unpaired) electrons. The summed E-state index contributed by atoms with van der Waals surface area (Å²) in [5, 5.41) is 0. The molecule has 1 aromatic rings. The Hall–Kier alpha value is -1.07. The molecule has 1 rings (SSSR count). The van der Waals surface area contributed by atoms with Crippen molar-refractivity contribution in [1.82, 2.24) is 4.72 Å². The number of nitrogens with one attached hydrogen (secondary N) is 1. The van der Waals surface area contributed by atoms with Crippen LogP contribution in [0.25, 0.3) is 0 Å². The third-order valence-electron chi connectivity index (χ3n) is 3.15. The minimum absolute atomic E-state index is 0.146. The summed E-state index contributed by atoms with van der Waals surface area (Å²) in [7, 11) is -3.55. The standard InChI is InChI=1S/C12H20N2O2S/c1-4-12(3,5-2)14-17(15,16)11-9-7-6-8-10(11)13/h6-9,14H,4-5,13H2,1-3H3. The van der Waals surface area contributed by atoms with Gasteiger partial charge < -0.3 is 5.73 Å². The molecule has 17 heavy (non-hydrogen) atoms.